The second-order valence-electron chi connectivity index (χ2n) is 5.51. The molecule has 0 unspecified atom stereocenters. The lowest BCUT2D eigenvalue weighted by atomic mass is 9.96. The Bertz CT molecular complexity index is 576. The third-order valence-corrected chi connectivity index (χ3v) is 4.60. The van der Waals surface area contributed by atoms with Crippen molar-refractivity contribution in [3.63, 3.8) is 0 Å². The van der Waals surface area contributed by atoms with Gasteiger partial charge in [-0.05, 0) is 37.0 Å². The second kappa shape index (κ2) is 7.33. The maximum atomic E-state index is 11.7. The molecule has 1 fully saturated rings. The number of halogens is 2. The van der Waals surface area contributed by atoms with Crippen molar-refractivity contribution in [1.82, 2.24) is 10.6 Å². The molecule has 1 aliphatic carbocycles. The Hall–Kier alpha value is -1.27. The molecule has 1 aromatic carbocycles. The Labute approximate surface area is 142 Å². The number of rotatable bonds is 7. The van der Waals surface area contributed by atoms with Crippen LogP contribution < -0.4 is 10.6 Å². The first-order valence-electron chi connectivity index (χ1n) is 7.12. The van der Waals surface area contributed by atoms with Crippen LogP contribution in [0.4, 0.5) is 4.79 Å². The summed E-state index contributed by atoms with van der Waals surface area (Å²) >= 11 is 9.67. The number of carbonyl (C=O) groups excluding carboxylic acids is 1. The summed E-state index contributed by atoms with van der Waals surface area (Å²) in [5, 5.41) is 14.7. The van der Waals surface area contributed by atoms with E-state index in [2.05, 4.69) is 26.6 Å². The summed E-state index contributed by atoms with van der Waals surface area (Å²) in [6.07, 6.45) is 2.46. The number of carboxylic acid groups (broad SMARTS) is 1. The summed E-state index contributed by atoms with van der Waals surface area (Å²) in [5.74, 6) is -0.857. The number of amides is 2. The second-order valence-corrected chi connectivity index (χ2v) is 6.83. The van der Waals surface area contributed by atoms with Gasteiger partial charge in [0.2, 0.25) is 0 Å². The highest BCUT2D eigenvalue weighted by Gasteiger charge is 2.45. The molecule has 0 aliphatic heterocycles. The molecular formula is C15H18BrClN2O3. The van der Waals surface area contributed by atoms with E-state index in [0.29, 0.717) is 24.5 Å². The average molecular weight is 390 g/mol. The van der Waals surface area contributed by atoms with Gasteiger partial charge in [0.05, 0.1) is 0 Å². The molecule has 0 heterocycles. The van der Waals surface area contributed by atoms with Crippen molar-refractivity contribution in [2.24, 2.45) is 0 Å². The minimum atomic E-state index is -0.857. The first-order chi connectivity index (χ1) is 10.4. The summed E-state index contributed by atoms with van der Waals surface area (Å²) in [6.45, 7) is 0.878. The highest BCUT2D eigenvalue weighted by Crippen LogP contribution is 2.50. The molecule has 1 saturated carbocycles. The van der Waals surface area contributed by atoms with Crippen molar-refractivity contribution in [2.45, 2.75) is 31.1 Å². The van der Waals surface area contributed by atoms with E-state index in [1.54, 1.807) is 0 Å². The zero-order valence-electron chi connectivity index (χ0n) is 12.0. The quantitative estimate of drug-likeness (QED) is 0.626. The smallest absolute Gasteiger partial charge is 0.314 e. The van der Waals surface area contributed by atoms with Crippen molar-refractivity contribution in [3.05, 3.63) is 33.3 Å². The Morgan fingerprint density at radius 1 is 1.32 bits per heavy atom. The summed E-state index contributed by atoms with van der Waals surface area (Å²) < 4.78 is 0.932. The summed E-state index contributed by atoms with van der Waals surface area (Å²) in [4.78, 5) is 22.1. The summed E-state index contributed by atoms with van der Waals surface area (Å²) in [5.41, 5.74) is 0.986. The number of hydrogen-bond donors (Lipinski definition) is 3. The molecule has 1 aromatic rings. The molecule has 2 rings (SSSR count). The lowest BCUT2D eigenvalue weighted by molar-refractivity contribution is -0.137. The molecule has 5 nitrogen and oxygen atoms in total. The maximum absolute atomic E-state index is 11.7. The Kier molecular flexibility index (Phi) is 5.69. The number of carboxylic acids is 1. The highest BCUT2D eigenvalue weighted by atomic mass is 79.9. The maximum Gasteiger partial charge on any atom is 0.314 e. The van der Waals surface area contributed by atoms with Crippen LogP contribution in [0.2, 0.25) is 5.02 Å². The molecule has 7 heteroatoms. The topological polar surface area (TPSA) is 78.4 Å². The molecule has 22 heavy (non-hydrogen) atoms. The molecule has 0 aromatic heterocycles. The van der Waals surface area contributed by atoms with E-state index in [9.17, 15) is 9.59 Å². The average Bonchev–Trinajstić information content (AvgIpc) is 3.22. The molecule has 120 valence electrons. The third kappa shape index (κ3) is 4.61. The normalized spacial score (nSPS) is 15.2. The molecule has 0 bridgehead atoms. The Balaban J connectivity index is 1.81. The van der Waals surface area contributed by atoms with E-state index >= 15 is 0 Å². The summed E-state index contributed by atoms with van der Waals surface area (Å²) in [6, 6.07) is 5.53. The van der Waals surface area contributed by atoms with Crippen LogP contribution in [0.5, 0.6) is 0 Å². The Morgan fingerprint density at radius 2 is 2.05 bits per heavy atom. The van der Waals surface area contributed by atoms with Gasteiger partial charge < -0.3 is 15.7 Å². The van der Waals surface area contributed by atoms with Gasteiger partial charge in [-0.25, -0.2) is 4.79 Å². The molecule has 0 saturated heterocycles. The molecule has 0 spiro atoms. The van der Waals surface area contributed by atoms with Crippen LogP contribution in [0, 0.1) is 0 Å². The highest BCUT2D eigenvalue weighted by molar-refractivity contribution is 9.10. The van der Waals surface area contributed by atoms with Gasteiger partial charge in [-0.1, -0.05) is 33.6 Å². The first-order valence-corrected chi connectivity index (χ1v) is 8.29. The van der Waals surface area contributed by atoms with E-state index < -0.39 is 5.97 Å². The van der Waals surface area contributed by atoms with Gasteiger partial charge in [0.1, 0.15) is 0 Å². The van der Waals surface area contributed by atoms with Crippen molar-refractivity contribution >= 4 is 39.5 Å². The number of aliphatic carboxylic acids is 1. The lowest BCUT2D eigenvalue weighted by Gasteiger charge is -2.18. The standard InChI is InChI=1S/C15H18BrClN2O3/c16-10-3-4-11(12(17)8-10)15(5-6-15)9-19-14(22)18-7-1-2-13(20)21/h3-4,8H,1-2,5-7,9H2,(H,20,21)(H2,18,19,22). The lowest BCUT2D eigenvalue weighted by Crippen LogP contribution is -2.40. The van der Waals surface area contributed by atoms with Gasteiger partial charge in [-0.3, -0.25) is 4.79 Å². The van der Waals surface area contributed by atoms with E-state index in [4.69, 9.17) is 16.7 Å². The van der Waals surface area contributed by atoms with Gasteiger partial charge in [0.25, 0.3) is 0 Å². The zero-order chi connectivity index (χ0) is 16.2. The van der Waals surface area contributed by atoms with Crippen molar-refractivity contribution in [3.8, 4) is 0 Å². The minimum absolute atomic E-state index is 0.0543. The van der Waals surface area contributed by atoms with Gasteiger partial charge in [0, 0.05) is 34.4 Å². The van der Waals surface area contributed by atoms with Crippen LogP contribution in [0.25, 0.3) is 0 Å². The molecule has 3 N–H and O–H groups in total. The SMILES string of the molecule is O=C(O)CCCNC(=O)NCC1(c2ccc(Br)cc2Cl)CC1. The van der Waals surface area contributed by atoms with Gasteiger partial charge in [-0.15, -0.1) is 0 Å². The predicted octanol–water partition coefficient (Wildman–Crippen LogP) is 3.30. The monoisotopic (exact) mass is 388 g/mol. The number of nitrogens with one attached hydrogen (secondary N) is 2. The van der Waals surface area contributed by atoms with Gasteiger partial charge in [0.15, 0.2) is 0 Å². The number of benzene rings is 1. The van der Waals surface area contributed by atoms with E-state index in [1.165, 1.54) is 0 Å². The predicted molar refractivity (Wildman–Crippen MR) is 88.3 cm³/mol. The molecule has 0 atom stereocenters. The van der Waals surface area contributed by atoms with Crippen molar-refractivity contribution in [1.29, 1.82) is 0 Å². The minimum Gasteiger partial charge on any atom is -0.481 e. The van der Waals surface area contributed by atoms with Gasteiger partial charge in [-0.2, -0.15) is 0 Å². The summed E-state index contributed by atoms with van der Waals surface area (Å²) in [7, 11) is 0. The third-order valence-electron chi connectivity index (χ3n) is 3.80. The molecule has 2 amide bonds. The fourth-order valence-electron chi connectivity index (χ4n) is 2.37. The first kappa shape index (κ1) is 17.1. The fourth-order valence-corrected chi connectivity index (χ4v) is 3.24. The number of urea groups is 1. The van der Waals surface area contributed by atoms with Crippen molar-refractivity contribution in [2.75, 3.05) is 13.1 Å². The molecule has 0 radical (unpaired) electrons. The van der Waals surface area contributed by atoms with Crippen LogP contribution in [0.3, 0.4) is 0 Å². The number of carbonyl (C=O) groups is 2. The number of hydrogen-bond acceptors (Lipinski definition) is 2. The van der Waals surface area contributed by atoms with Crippen LogP contribution in [-0.4, -0.2) is 30.2 Å². The Morgan fingerprint density at radius 3 is 2.64 bits per heavy atom. The van der Waals surface area contributed by atoms with Crippen LogP contribution in [-0.2, 0) is 10.2 Å². The van der Waals surface area contributed by atoms with Crippen LogP contribution in [0.1, 0.15) is 31.2 Å². The van der Waals surface area contributed by atoms with E-state index in [1.807, 2.05) is 18.2 Å². The zero-order valence-corrected chi connectivity index (χ0v) is 14.3. The van der Waals surface area contributed by atoms with E-state index in [-0.39, 0.29) is 17.9 Å². The largest absolute Gasteiger partial charge is 0.481 e. The van der Waals surface area contributed by atoms with Gasteiger partial charge >= 0.3 is 12.0 Å². The fraction of sp³-hybridized carbons (Fsp3) is 0.467. The van der Waals surface area contributed by atoms with Crippen LogP contribution >= 0.6 is 27.5 Å². The molecule has 1 aliphatic rings. The molecular weight excluding hydrogens is 372 g/mol. The van der Waals surface area contributed by atoms with E-state index in [0.717, 1.165) is 22.9 Å². The van der Waals surface area contributed by atoms with Crippen LogP contribution in [0.15, 0.2) is 22.7 Å². The van der Waals surface area contributed by atoms with Crippen molar-refractivity contribution < 1.29 is 14.7 Å².